The zero-order valence-electron chi connectivity index (χ0n) is 16.5. The first-order chi connectivity index (χ1) is 15.0. The van der Waals surface area contributed by atoms with Gasteiger partial charge in [-0.05, 0) is 43.3 Å². The quantitative estimate of drug-likeness (QED) is 0.323. The predicted molar refractivity (Wildman–Crippen MR) is 125 cm³/mol. The summed E-state index contributed by atoms with van der Waals surface area (Å²) < 4.78 is 13.8. The van der Waals surface area contributed by atoms with E-state index in [0.29, 0.717) is 10.9 Å². The van der Waals surface area contributed by atoms with Gasteiger partial charge in [-0.15, -0.1) is 21.5 Å². The van der Waals surface area contributed by atoms with E-state index >= 15 is 0 Å². The number of carbonyl (C=O) groups is 1. The standard InChI is InChI=1S/C21H18FN5OS3/c1-13-2-6-15(7-3-13)23-18(28)10-19-24-17(11-29-19)12-30-21-27-26-20(31-21)25-16-8-4-14(22)5-9-16/h2-9,11H,10,12H2,1H3,(H,23,28)(H,25,26). The molecule has 0 unspecified atom stereocenters. The number of nitrogens with one attached hydrogen (secondary N) is 2. The second kappa shape index (κ2) is 9.99. The zero-order chi connectivity index (χ0) is 21.6. The SMILES string of the molecule is Cc1ccc(NC(=O)Cc2nc(CSc3nnc(Nc4ccc(F)cc4)s3)cs2)cc1. The lowest BCUT2D eigenvalue weighted by atomic mass is 10.2. The molecule has 2 aromatic heterocycles. The Hall–Kier alpha value is -2.82. The monoisotopic (exact) mass is 471 g/mol. The minimum atomic E-state index is -0.283. The van der Waals surface area contributed by atoms with Gasteiger partial charge < -0.3 is 10.6 Å². The van der Waals surface area contributed by atoms with Crippen molar-refractivity contribution in [3.63, 3.8) is 0 Å². The number of rotatable bonds is 8. The molecule has 31 heavy (non-hydrogen) atoms. The summed E-state index contributed by atoms with van der Waals surface area (Å²) in [6.45, 7) is 2.01. The normalized spacial score (nSPS) is 10.8. The summed E-state index contributed by atoms with van der Waals surface area (Å²) in [7, 11) is 0. The highest BCUT2D eigenvalue weighted by Gasteiger charge is 2.11. The van der Waals surface area contributed by atoms with Crippen LogP contribution in [0.3, 0.4) is 0 Å². The molecule has 2 aromatic carbocycles. The van der Waals surface area contributed by atoms with Gasteiger partial charge in [0.1, 0.15) is 10.8 Å². The molecule has 6 nitrogen and oxygen atoms in total. The number of carbonyl (C=O) groups excluding carboxylic acids is 1. The van der Waals surface area contributed by atoms with E-state index in [0.717, 1.165) is 32.0 Å². The molecule has 0 fully saturated rings. The second-order valence-electron chi connectivity index (χ2n) is 6.62. The molecular weight excluding hydrogens is 453 g/mol. The summed E-state index contributed by atoms with van der Waals surface area (Å²) in [4.78, 5) is 16.8. The first-order valence-corrected chi connectivity index (χ1v) is 12.0. The fourth-order valence-electron chi connectivity index (χ4n) is 2.59. The number of halogens is 1. The van der Waals surface area contributed by atoms with E-state index in [1.165, 1.54) is 46.6 Å². The maximum Gasteiger partial charge on any atom is 0.231 e. The van der Waals surface area contributed by atoms with Gasteiger partial charge in [0.25, 0.3) is 0 Å². The Morgan fingerprint density at radius 3 is 2.58 bits per heavy atom. The molecule has 0 bridgehead atoms. The molecule has 0 saturated heterocycles. The smallest absolute Gasteiger partial charge is 0.231 e. The molecule has 10 heteroatoms. The Kier molecular flexibility index (Phi) is 6.90. The number of hydrogen-bond donors (Lipinski definition) is 2. The van der Waals surface area contributed by atoms with Crippen LogP contribution in [0.5, 0.6) is 0 Å². The largest absolute Gasteiger partial charge is 0.330 e. The van der Waals surface area contributed by atoms with E-state index in [4.69, 9.17) is 0 Å². The van der Waals surface area contributed by atoms with Crippen LogP contribution in [-0.2, 0) is 17.0 Å². The number of amides is 1. The summed E-state index contributed by atoms with van der Waals surface area (Å²) in [6.07, 6.45) is 0.244. The minimum absolute atomic E-state index is 0.0851. The summed E-state index contributed by atoms with van der Waals surface area (Å²) in [5.74, 6) is 0.272. The van der Waals surface area contributed by atoms with E-state index in [1.807, 2.05) is 36.6 Å². The number of hydrogen-bond acceptors (Lipinski definition) is 8. The van der Waals surface area contributed by atoms with Crippen molar-refractivity contribution in [2.45, 2.75) is 23.4 Å². The predicted octanol–water partition coefficient (Wildman–Crippen LogP) is 5.66. The van der Waals surface area contributed by atoms with Crippen LogP contribution in [0.15, 0.2) is 58.3 Å². The fourth-order valence-corrected chi connectivity index (χ4v) is 5.15. The van der Waals surface area contributed by atoms with Gasteiger partial charge in [0.2, 0.25) is 11.0 Å². The molecule has 1 amide bonds. The fraction of sp³-hybridized carbons (Fsp3) is 0.143. The lowest BCUT2D eigenvalue weighted by Gasteiger charge is -2.04. The van der Waals surface area contributed by atoms with Gasteiger partial charge in [-0.2, -0.15) is 0 Å². The van der Waals surface area contributed by atoms with Crippen LogP contribution in [0.4, 0.5) is 20.9 Å². The molecule has 0 radical (unpaired) electrons. The second-order valence-corrected chi connectivity index (χ2v) is 9.76. The van der Waals surface area contributed by atoms with Crippen molar-refractivity contribution in [3.8, 4) is 0 Å². The minimum Gasteiger partial charge on any atom is -0.330 e. The molecule has 2 N–H and O–H groups in total. The summed E-state index contributed by atoms with van der Waals surface area (Å²) in [6, 6.07) is 13.8. The lowest BCUT2D eigenvalue weighted by Crippen LogP contribution is -2.14. The Morgan fingerprint density at radius 1 is 1.06 bits per heavy atom. The highest BCUT2D eigenvalue weighted by atomic mass is 32.2. The lowest BCUT2D eigenvalue weighted by molar-refractivity contribution is -0.115. The van der Waals surface area contributed by atoms with Gasteiger partial charge in [-0.25, -0.2) is 9.37 Å². The van der Waals surface area contributed by atoms with Crippen LogP contribution in [0.25, 0.3) is 0 Å². The molecule has 4 rings (SSSR count). The van der Waals surface area contributed by atoms with Crippen molar-refractivity contribution < 1.29 is 9.18 Å². The Morgan fingerprint density at radius 2 is 1.81 bits per heavy atom. The number of aromatic nitrogens is 3. The highest BCUT2D eigenvalue weighted by Crippen LogP contribution is 2.30. The van der Waals surface area contributed by atoms with Gasteiger partial charge in [-0.3, -0.25) is 4.79 Å². The van der Waals surface area contributed by atoms with Crippen LogP contribution >= 0.6 is 34.4 Å². The Labute approximate surface area is 191 Å². The molecule has 0 atom stereocenters. The first kappa shape index (κ1) is 21.4. The van der Waals surface area contributed by atoms with Gasteiger partial charge in [0.05, 0.1) is 12.1 Å². The molecule has 0 aliphatic rings. The number of anilines is 3. The average molecular weight is 472 g/mol. The Balaban J connectivity index is 1.26. The van der Waals surface area contributed by atoms with Crippen LogP contribution < -0.4 is 10.6 Å². The van der Waals surface area contributed by atoms with E-state index in [2.05, 4.69) is 25.8 Å². The number of nitrogens with zero attached hydrogens (tertiary/aromatic N) is 3. The third kappa shape index (κ3) is 6.33. The summed E-state index contributed by atoms with van der Waals surface area (Å²) in [5.41, 5.74) is 3.58. The van der Waals surface area contributed by atoms with Gasteiger partial charge in [-0.1, -0.05) is 40.8 Å². The molecule has 0 aliphatic heterocycles. The highest BCUT2D eigenvalue weighted by molar-refractivity contribution is 8.00. The molecule has 0 aliphatic carbocycles. The molecule has 158 valence electrons. The molecule has 2 heterocycles. The van der Waals surface area contributed by atoms with Gasteiger partial charge >= 0.3 is 0 Å². The number of benzene rings is 2. The third-order valence-electron chi connectivity index (χ3n) is 4.09. The van der Waals surface area contributed by atoms with Crippen molar-refractivity contribution in [3.05, 3.63) is 76.0 Å². The van der Waals surface area contributed by atoms with Crippen LogP contribution in [0.1, 0.15) is 16.3 Å². The number of thioether (sulfide) groups is 1. The summed E-state index contributed by atoms with van der Waals surface area (Å²) in [5, 5.41) is 17.6. The van der Waals surface area contributed by atoms with Crippen molar-refractivity contribution >= 4 is 56.8 Å². The van der Waals surface area contributed by atoms with E-state index in [9.17, 15) is 9.18 Å². The van der Waals surface area contributed by atoms with E-state index < -0.39 is 0 Å². The van der Waals surface area contributed by atoms with E-state index in [1.54, 1.807) is 12.1 Å². The molecule has 4 aromatic rings. The average Bonchev–Trinajstić information content (AvgIpc) is 3.39. The van der Waals surface area contributed by atoms with Crippen LogP contribution in [0, 0.1) is 12.7 Å². The summed E-state index contributed by atoms with van der Waals surface area (Å²) >= 11 is 4.42. The van der Waals surface area contributed by atoms with Crippen LogP contribution in [0.2, 0.25) is 0 Å². The van der Waals surface area contributed by atoms with Crippen molar-refractivity contribution in [2.75, 3.05) is 10.6 Å². The number of aryl methyl sites for hydroxylation is 1. The van der Waals surface area contributed by atoms with Gasteiger partial charge in [0, 0.05) is 22.5 Å². The Bertz CT molecular complexity index is 1160. The van der Waals surface area contributed by atoms with Gasteiger partial charge in [0.15, 0.2) is 4.34 Å². The maximum atomic E-state index is 13.0. The number of thiazole rings is 1. The zero-order valence-corrected chi connectivity index (χ0v) is 18.9. The topological polar surface area (TPSA) is 79.8 Å². The molecule has 0 saturated carbocycles. The first-order valence-electron chi connectivity index (χ1n) is 9.32. The molecule has 0 spiro atoms. The van der Waals surface area contributed by atoms with Crippen molar-refractivity contribution in [1.29, 1.82) is 0 Å². The molecular formula is C21H18FN5OS3. The van der Waals surface area contributed by atoms with Crippen molar-refractivity contribution in [2.24, 2.45) is 0 Å². The van der Waals surface area contributed by atoms with Crippen molar-refractivity contribution in [1.82, 2.24) is 15.2 Å². The third-order valence-corrected chi connectivity index (χ3v) is 7.00. The maximum absolute atomic E-state index is 13.0. The van der Waals surface area contributed by atoms with E-state index in [-0.39, 0.29) is 18.1 Å². The van der Waals surface area contributed by atoms with Crippen LogP contribution in [-0.4, -0.2) is 21.1 Å².